The van der Waals surface area contributed by atoms with Crippen molar-refractivity contribution in [2.75, 3.05) is 4.67 Å². The number of anilines is 2. The summed E-state index contributed by atoms with van der Waals surface area (Å²) in [6, 6.07) is 60.9. The summed E-state index contributed by atoms with van der Waals surface area (Å²) in [5, 5.41) is 3.64. The van der Waals surface area contributed by atoms with Crippen molar-refractivity contribution in [1.82, 2.24) is 19.5 Å². The lowest BCUT2D eigenvalue weighted by Crippen LogP contribution is -2.33. The van der Waals surface area contributed by atoms with Gasteiger partial charge in [-0.25, -0.2) is 4.98 Å². The Hall–Kier alpha value is -6.62. The van der Waals surface area contributed by atoms with E-state index in [4.69, 9.17) is 15.0 Å². The van der Waals surface area contributed by atoms with Crippen molar-refractivity contribution >= 4 is 51.1 Å². The van der Waals surface area contributed by atoms with Crippen LogP contribution in [0.1, 0.15) is 0 Å². The maximum Gasteiger partial charge on any atom is 0.238 e. The number of aromatic nitrogens is 4. The number of para-hydroxylation sites is 2. The van der Waals surface area contributed by atoms with Crippen LogP contribution in [0.4, 0.5) is 11.4 Å². The molecular weight excluding hydrogens is 658 g/mol. The number of hydrogen-bond acceptors (Lipinski definition) is 4. The van der Waals surface area contributed by atoms with Gasteiger partial charge < -0.3 is 0 Å². The van der Waals surface area contributed by atoms with Crippen LogP contribution in [0.5, 0.6) is 0 Å². The Balaban J connectivity index is 1.31. The Morgan fingerprint density at radius 1 is 0.462 bits per heavy atom. The quantitative estimate of drug-likeness (QED) is 0.169. The molecule has 0 saturated heterocycles. The van der Waals surface area contributed by atoms with E-state index in [9.17, 15) is 0 Å². The molecule has 9 aromatic rings. The fourth-order valence-electron chi connectivity index (χ4n) is 7.49. The van der Waals surface area contributed by atoms with Crippen LogP contribution >= 0.6 is 7.29 Å². The average molecular weight is 688 g/mol. The highest BCUT2D eigenvalue weighted by atomic mass is 31.2. The normalized spacial score (nSPS) is 15.0. The highest BCUT2D eigenvalue weighted by Gasteiger charge is 2.43. The highest BCUT2D eigenvalue weighted by molar-refractivity contribution is 7.80. The Kier molecular flexibility index (Phi) is 6.98. The summed E-state index contributed by atoms with van der Waals surface area (Å²) in [5.74, 6) is 1.72. The zero-order valence-electron chi connectivity index (χ0n) is 27.9. The van der Waals surface area contributed by atoms with Crippen molar-refractivity contribution in [2.24, 2.45) is 0 Å². The van der Waals surface area contributed by atoms with Gasteiger partial charge in [0, 0.05) is 43.8 Å². The van der Waals surface area contributed by atoms with E-state index in [0.29, 0.717) is 17.6 Å². The molecule has 1 aliphatic rings. The minimum absolute atomic E-state index is 0.526. The van der Waals surface area contributed by atoms with Crippen LogP contribution in [0.3, 0.4) is 0 Å². The average Bonchev–Trinajstić information content (AvgIpc) is 3.55. The van der Waals surface area contributed by atoms with E-state index >= 15 is 4.57 Å². The summed E-state index contributed by atoms with van der Waals surface area (Å²) in [6.45, 7) is 0. The van der Waals surface area contributed by atoms with Gasteiger partial charge in [0.15, 0.2) is 11.6 Å². The lowest BCUT2D eigenvalue weighted by Gasteiger charge is -2.40. The standard InChI is InChI=1S/C45H30N5OP/c51-52(34-23-11-4-12-24-34)42-28-16-14-26-36(42)38-29-40-37(30-41(38)50(52)33-21-9-3-10-22-33)35-25-13-15-27-39(35)49(40)45-47-43(31-17-5-1-6-18-31)46-44(48-45)32-19-7-2-8-20-32/h1-30H. The van der Waals surface area contributed by atoms with E-state index in [1.807, 2.05) is 146 Å². The molecule has 2 aromatic heterocycles. The predicted octanol–water partition coefficient (Wildman–Crippen LogP) is 10.4. The van der Waals surface area contributed by atoms with Crippen LogP contribution in [0.2, 0.25) is 0 Å². The van der Waals surface area contributed by atoms with Crippen molar-refractivity contribution in [1.29, 1.82) is 0 Å². The van der Waals surface area contributed by atoms with Gasteiger partial charge in [-0.3, -0.25) is 13.8 Å². The summed E-state index contributed by atoms with van der Waals surface area (Å²) >= 11 is 0. The summed E-state index contributed by atoms with van der Waals surface area (Å²) in [7, 11) is -3.40. The third kappa shape index (κ3) is 4.65. The van der Waals surface area contributed by atoms with E-state index < -0.39 is 7.29 Å². The van der Waals surface area contributed by atoms with Gasteiger partial charge in [-0.2, -0.15) is 9.97 Å². The van der Waals surface area contributed by atoms with Crippen LogP contribution in [0.15, 0.2) is 182 Å². The van der Waals surface area contributed by atoms with Gasteiger partial charge >= 0.3 is 0 Å². The lowest BCUT2D eigenvalue weighted by molar-refractivity contribution is 0.587. The molecule has 0 saturated carbocycles. The Morgan fingerprint density at radius 3 is 1.69 bits per heavy atom. The molecule has 10 rings (SSSR count). The third-order valence-corrected chi connectivity index (χ3v) is 12.9. The summed E-state index contributed by atoms with van der Waals surface area (Å²) in [4.78, 5) is 15.2. The van der Waals surface area contributed by atoms with Crippen LogP contribution in [0, 0.1) is 0 Å². The topological polar surface area (TPSA) is 63.9 Å². The van der Waals surface area contributed by atoms with Gasteiger partial charge in [0.1, 0.15) is 0 Å². The van der Waals surface area contributed by atoms with E-state index in [1.165, 1.54) is 0 Å². The van der Waals surface area contributed by atoms with Gasteiger partial charge in [0.25, 0.3) is 0 Å². The molecule has 246 valence electrons. The largest absolute Gasteiger partial charge is 0.289 e. The summed E-state index contributed by atoms with van der Waals surface area (Å²) < 4.78 is 20.2. The van der Waals surface area contributed by atoms with Crippen LogP contribution in [0.25, 0.3) is 61.7 Å². The first kappa shape index (κ1) is 30.2. The molecule has 1 aliphatic heterocycles. The fourth-order valence-corrected chi connectivity index (χ4v) is 10.5. The minimum atomic E-state index is -3.40. The highest BCUT2D eigenvalue weighted by Crippen LogP contribution is 2.61. The Labute approximate surface area is 300 Å². The second-order valence-electron chi connectivity index (χ2n) is 12.8. The number of nitrogens with zero attached hydrogens (tertiary/aromatic N) is 5. The molecular formula is C45H30N5OP. The Morgan fingerprint density at radius 2 is 1.02 bits per heavy atom. The van der Waals surface area contributed by atoms with Gasteiger partial charge in [0.05, 0.1) is 16.7 Å². The van der Waals surface area contributed by atoms with Crippen molar-refractivity contribution in [3.05, 3.63) is 182 Å². The first-order valence-corrected chi connectivity index (χ1v) is 18.9. The smallest absolute Gasteiger partial charge is 0.238 e. The molecule has 0 radical (unpaired) electrons. The van der Waals surface area contributed by atoms with E-state index in [2.05, 4.69) is 45.6 Å². The molecule has 3 heterocycles. The maximum absolute atomic E-state index is 16.0. The Bertz CT molecular complexity index is 2760. The summed E-state index contributed by atoms with van der Waals surface area (Å²) in [6.07, 6.45) is 0. The van der Waals surface area contributed by atoms with Crippen molar-refractivity contribution < 1.29 is 4.57 Å². The third-order valence-electron chi connectivity index (χ3n) is 9.82. The van der Waals surface area contributed by atoms with Crippen molar-refractivity contribution in [2.45, 2.75) is 0 Å². The van der Waals surface area contributed by atoms with Crippen molar-refractivity contribution in [3.63, 3.8) is 0 Å². The van der Waals surface area contributed by atoms with Crippen LogP contribution < -0.4 is 15.3 Å². The van der Waals surface area contributed by atoms with Gasteiger partial charge in [-0.15, -0.1) is 0 Å². The zero-order chi connectivity index (χ0) is 34.6. The van der Waals surface area contributed by atoms with E-state index in [-0.39, 0.29) is 0 Å². The van der Waals surface area contributed by atoms with Crippen LogP contribution in [-0.2, 0) is 4.57 Å². The molecule has 0 amide bonds. The van der Waals surface area contributed by atoms with Crippen LogP contribution in [-0.4, -0.2) is 19.5 Å². The van der Waals surface area contributed by atoms with Gasteiger partial charge in [-0.1, -0.05) is 133 Å². The molecule has 1 unspecified atom stereocenters. The zero-order valence-corrected chi connectivity index (χ0v) is 28.8. The summed E-state index contributed by atoms with van der Waals surface area (Å²) in [5.41, 5.74) is 7.42. The maximum atomic E-state index is 16.0. The number of hydrogen-bond donors (Lipinski definition) is 0. The first-order valence-electron chi connectivity index (χ1n) is 17.2. The molecule has 0 fully saturated rings. The van der Waals surface area contributed by atoms with E-state index in [0.717, 1.165) is 66.0 Å². The molecule has 1 atom stereocenters. The predicted molar refractivity (Wildman–Crippen MR) is 212 cm³/mol. The van der Waals surface area contributed by atoms with Gasteiger partial charge in [0.2, 0.25) is 13.2 Å². The second kappa shape index (κ2) is 12.0. The molecule has 6 nitrogen and oxygen atoms in total. The second-order valence-corrected chi connectivity index (χ2v) is 15.4. The fraction of sp³-hybridized carbons (Fsp3) is 0. The minimum Gasteiger partial charge on any atom is -0.289 e. The molecule has 7 heteroatoms. The number of benzene rings is 7. The molecule has 0 spiro atoms. The number of fused-ring (bicyclic) bond motifs is 6. The lowest BCUT2D eigenvalue weighted by atomic mass is 10.00. The SMILES string of the molecule is O=P1(c2ccccc2)c2ccccc2-c2cc3c(cc2N1c1ccccc1)c1ccccc1n3-c1nc(-c2ccccc2)nc(-c2ccccc2)n1. The molecule has 0 N–H and O–H groups in total. The first-order chi connectivity index (χ1) is 25.7. The number of rotatable bonds is 5. The van der Waals surface area contributed by atoms with Crippen molar-refractivity contribution in [3.8, 4) is 39.9 Å². The molecule has 0 aliphatic carbocycles. The molecule has 7 aromatic carbocycles. The molecule has 0 bridgehead atoms. The molecule has 52 heavy (non-hydrogen) atoms. The van der Waals surface area contributed by atoms with E-state index in [1.54, 1.807) is 0 Å². The monoisotopic (exact) mass is 687 g/mol. The van der Waals surface area contributed by atoms with Gasteiger partial charge in [-0.05, 0) is 54.1 Å².